The zero-order chi connectivity index (χ0) is 9.26. The SMILES string of the molecule is OCc1ccc2ccc(Cl)cc2c1. The van der Waals surface area contributed by atoms with Gasteiger partial charge in [-0.3, -0.25) is 0 Å². The molecule has 1 nitrogen and oxygen atoms in total. The Bertz CT molecular complexity index is 437. The number of benzene rings is 2. The Morgan fingerprint density at radius 2 is 1.77 bits per heavy atom. The zero-order valence-corrected chi connectivity index (χ0v) is 7.75. The third kappa shape index (κ3) is 1.67. The molecule has 66 valence electrons. The van der Waals surface area contributed by atoms with Gasteiger partial charge < -0.3 is 5.11 Å². The number of halogens is 1. The molecule has 0 bridgehead atoms. The molecule has 0 aliphatic rings. The second kappa shape index (κ2) is 3.36. The van der Waals surface area contributed by atoms with Crippen LogP contribution in [0.1, 0.15) is 5.56 Å². The first-order chi connectivity index (χ1) is 6.29. The normalized spacial score (nSPS) is 10.6. The lowest BCUT2D eigenvalue weighted by Crippen LogP contribution is -1.82. The molecule has 2 aromatic carbocycles. The average Bonchev–Trinajstić information content (AvgIpc) is 2.16. The van der Waals surface area contributed by atoms with E-state index in [1.54, 1.807) is 0 Å². The highest BCUT2D eigenvalue weighted by Crippen LogP contribution is 2.20. The second-order valence-corrected chi connectivity index (χ2v) is 3.42. The molecule has 0 saturated carbocycles. The lowest BCUT2D eigenvalue weighted by Gasteiger charge is -2.00. The molecule has 0 aliphatic carbocycles. The Balaban J connectivity index is 2.68. The van der Waals surface area contributed by atoms with Gasteiger partial charge in [0.1, 0.15) is 0 Å². The summed E-state index contributed by atoms with van der Waals surface area (Å²) in [6, 6.07) is 11.6. The molecule has 0 aromatic heterocycles. The highest BCUT2D eigenvalue weighted by molar-refractivity contribution is 6.31. The van der Waals surface area contributed by atoms with Gasteiger partial charge in [-0.05, 0) is 34.5 Å². The monoisotopic (exact) mass is 192 g/mol. The summed E-state index contributed by atoms with van der Waals surface area (Å²) in [5.74, 6) is 0. The van der Waals surface area contributed by atoms with E-state index < -0.39 is 0 Å². The Morgan fingerprint density at radius 1 is 1.00 bits per heavy atom. The van der Waals surface area contributed by atoms with Gasteiger partial charge in [0.05, 0.1) is 6.61 Å². The quantitative estimate of drug-likeness (QED) is 0.737. The van der Waals surface area contributed by atoms with Crippen LogP contribution in [-0.4, -0.2) is 5.11 Å². The first-order valence-corrected chi connectivity index (χ1v) is 4.46. The highest BCUT2D eigenvalue weighted by atomic mass is 35.5. The van der Waals surface area contributed by atoms with Gasteiger partial charge in [0, 0.05) is 5.02 Å². The lowest BCUT2D eigenvalue weighted by molar-refractivity contribution is 0.282. The van der Waals surface area contributed by atoms with Crippen molar-refractivity contribution in [3.63, 3.8) is 0 Å². The van der Waals surface area contributed by atoms with E-state index in [1.807, 2.05) is 36.4 Å². The molecular weight excluding hydrogens is 184 g/mol. The summed E-state index contributed by atoms with van der Waals surface area (Å²) in [5.41, 5.74) is 0.912. The van der Waals surface area contributed by atoms with Gasteiger partial charge in [0.2, 0.25) is 0 Å². The van der Waals surface area contributed by atoms with Crippen LogP contribution in [0.5, 0.6) is 0 Å². The molecule has 0 heterocycles. The minimum absolute atomic E-state index is 0.0719. The number of fused-ring (bicyclic) bond motifs is 1. The third-order valence-corrected chi connectivity index (χ3v) is 2.28. The summed E-state index contributed by atoms with van der Waals surface area (Å²) in [5, 5.41) is 11.9. The Kier molecular flexibility index (Phi) is 2.21. The van der Waals surface area contributed by atoms with Crippen LogP contribution in [-0.2, 0) is 6.61 Å². The largest absolute Gasteiger partial charge is 0.392 e. The number of rotatable bonds is 1. The van der Waals surface area contributed by atoms with Crippen molar-refractivity contribution in [3.05, 3.63) is 47.0 Å². The van der Waals surface area contributed by atoms with Crippen LogP contribution >= 0.6 is 11.6 Å². The van der Waals surface area contributed by atoms with Crippen LogP contribution in [0.25, 0.3) is 10.8 Å². The molecule has 0 amide bonds. The molecule has 1 N–H and O–H groups in total. The molecule has 0 atom stereocenters. The van der Waals surface area contributed by atoms with Crippen molar-refractivity contribution in [1.82, 2.24) is 0 Å². The zero-order valence-electron chi connectivity index (χ0n) is 7.00. The van der Waals surface area contributed by atoms with E-state index in [2.05, 4.69) is 0 Å². The third-order valence-electron chi connectivity index (χ3n) is 2.05. The number of hydrogen-bond donors (Lipinski definition) is 1. The highest BCUT2D eigenvalue weighted by Gasteiger charge is 1.96. The summed E-state index contributed by atoms with van der Waals surface area (Å²) in [6.07, 6.45) is 0. The Morgan fingerprint density at radius 3 is 2.54 bits per heavy atom. The van der Waals surface area contributed by atoms with Crippen LogP contribution in [0, 0.1) is 0 Å². The maximum Gasteiger partial charge on any atom is 0.0682 e. The smallest absolute Gasteiger partial charge is 0.0682 e. The van der Waals surface area contributed by atoms with Gasteiger partial charge in [-0.25, -0.2) is 0 Å². The maximum absolute atomic E-state index is 8.93. The Labute approximate surface area is 81.6 Å². The molecular formula is C11H9ClO. The molecule has 0 aliphatic heterocycles. The lowest BCUT2D eigenvalue weighted by atomic mass is 10.1. The first-order valence-electron chi connectivity index (χ1n) is 4.08. The van der Waals surface area contributed by atoms with Crippen molar-refractivity contribution in [1.29, 1.82) is 0 Å². The molecule has 0 fully saturated rings. The standard InChI is InChI=1S/C11H9ClO/c12-11-4-3-9-2-1-8(7-13)5-10(9)6-11/h1-6,13H,7H2. The van der Waals surface area contributed by atoms with E-state index in [0.717, 1.165) is 21.4 Å². The van der Waals surface area contributed by atoms with Gasteiger partial charge in [-0.2, -0.15) is 0 Å². The van der Waals surface area contributed by atoms with E-state index >= 15 is 0 Å². The summed E-state index contributed by atoms with van der Waals surface area (Å²) in [7, 11) is 0. The maximum atomic E-state index is 8.93. The minimum Gasteiger partial charge on any atom is -0.392 e. The van der Waals surface area contributed by atoms with Gasteiger partial charge in [-0.1, -0.05) is 29.8 Å². The van der Waals surface area contributed by atoms with Gasteiger partial charge in [0.15, 0.2) is 0 Å². The predicted octanol–water partition coefficient (Wildman–Crippen LogP) is 2.99. The number of aliphatic hydroxyl groups excluding tert-OH is 1. The van der Waals surface area contributed by atoms with Crippen molar-refractivity contribution >= 4 is 22.4 Å². The van der Waals surface area contributed by atoms with E-state index in [0.29, 0.717) is 0 Å². The van der Waals surface area contributed by atoms with E-state index in [4.69, 9.17) is 16.7 Å². The van der Waals surface area contributed by atoms with Crippen LogP contribution in [0.2, 0.25) is 5.02 Å². The second-order valence-electron chi connectivity index (χ2n) is 2.98. The van der Waals surface area contributed by atoms with Crippen molar-refractivity contribution in [2.45, 2.75) is 6.61 Å². The van der Waals surface area contributed by atoms with Crippen molar-refractivity contribution < 1.29 is 5.11 Å². The van der Waals surface area contributed by atoms with Crippen LogP contribution in [0.15, 0.2) is 36.4 Å². The molecule has 2 heteroatoms. The molecule has 0 saturated heterocycles. The van der Waals surface area contributed by atoms with Crippen LogP contribution in [0.3, 0.4) is 0 Å². The predicted molar refractivity (Wildman–Crippen MR) is 54.9 cm³/mol. The molecule has 13 heavy (non-hydrogen) atoms. The average molecular weight is 193 g/mol. The molecule has 0 spiro atoms. The van der Waals surface area contributed by atoms with E-state index in [-0.39, 0.29) is 6.61 Å². The number of hydrogen-bond acceptors (Lipinski definition) is 1. The van der Waals surface area contributed by atoms with Gasteiger partial charge in [0.25, 0.3) is 0 Å². The fourth-order valence-corrected chi connectivity index (χ4v) is 1.55. The summed E-state index contributed by atoms with van der Waals surface area (Å²) in [4.78, 5) is 0. The van der Waals surface area contributed by atoms with Crippen LogP contribution in [0.4, 0.5) is 0 Å². The minimum atomic E-state index is 0.0719. The van der Waals surface area contributed by atoms with Crippen molar-refractivity contribution in [2.24, 2.45) is 0 Å². The first kappa shape index (κ1) is 8.54. The van der Waals surface area contributed by atoms with Gasteiger partial charge >= 0.3 is 0 Å². The summed E-state index contributed by atoms with van der Waals surface area (Å²) < 4.78 is 0. The molecule has 2 rings (SSSR count). The fourth-order valence-electron chi connectivity index (χ4n) is 1.37. The molecule has 0 radical (unpaired) electrons. The van der Waals surface area contributed by atoms with Crippen LogP contribution < -0.4 is 0 Å². The Hall–Kier alpha value is -1.05. The van der Waals surface area contributed by atoms with Gasteiger partial charge in [-0.15, -0.1) is 0 Å². The van der Waals surface area contributed by atoms with E-state index in [9.17, 15) is 0 Å². The topological polar surface area (TPSA) is 20.2 Å². The van der Waals surface area contributed by atoms with E-state index in [1.165, 1.54) is 0 Å². The molecule has 0 unspecified atom stereocenters. The molecule has 2 aromatic rings. The summed E-state index contributed by atoms with van der Waals surface area (Å²) >= 11 is 5.85. The number of aliphatic hydroxyl groups is 1. The summed E-state index contributed by atoms with van der Waals surface area (Å²) in [6.45, 7) is 0.0719. The van der Waals surface area contributed by atoms with Crippen molar-refractivity contribution in [2.75, 3.05) is 0 Å². The fraction of sp³-hybridized carbons (Fsp3) is 0.0909. The van der Waals surface area contributed by atoms with Crippen molar-refractivity contribution in [3.8, 4) is 0 Å².